The van der Waals surface area contributed by atoms with Gasteiger partial charge in [-0.1, -0.05) is 12.6 Å². The van der Waals surface area contributed by atoms with E-state index in [-0.39, 0.29) is 17.7 Å². The Morgan fingerprint density at radius 3 is 2.22 bits per heavy atom. The molecule has 2 aromatic carbocycles. The van der Waals surface area contributed by atoms with Crippen molar-refractivity contribution in [3.05, 3.63) is 72.4 Å². The zero-order chi connectivity index (χ0) is 20.1. The smallest absolute Gasteiger partial charge is 0.338 e. The summed E-state index contributed by atoms with van der Waals surface area (Å²) in [6, 6.07) is 9.11. The fourth-order valence-corrected chi connectivity index (χ4v) is 4.10. The molecule has 0 bridgehead atoms. The zero-order valence-electron chi connectivity index (χ0n) is 14.1. The number of ether oxygens (including phenoxy) is 2. The molecule has 1 N–H and O–H groups in total. The minimum atomic E-state index is -1.12. The highest BCUT2D eigenvalue weighted by molar-refractivity contribution is 14.1. The number of rotatable bonds is 6. The minimum absolute atomic E-state index is 0.00313. The molecule has 0 amide bonds. The van der Waals surface area contributed by atoms with Crippen LogP contribution in [0.3, 0.4) is 0 Å². The van der Waals surface area contributed by atoms with Crippen molar-refractivity contribution in [2.75, 3.05) is 0 Å². The second-order valence-corrected chi connectivity index (χ2v) is 7.84. The van der Waals surface area contributed by atoms with Crippen LogP contribution in [-0.2, 0) is 16.1 Å². The normalized spacial score (nSPS) is 10.2. The number of carbonyl (C=O) groups is 3. The largest absolute Gasteiger partial charge is 0.478 e. The van der Waals surface area contributed by atoms with E-state index >= 15 is 0 Å². The van der Waals surface area contributed by atoms with E-state index in [2.05, 4.69) is 6.58 Å². The third-order valence-corrected chi connectivity index (χ3v) is 4.92. The Bertz CT molecular complexity index is 913. The van der Waals surface area contributed by atoms with Crippen molar-refractivity contribution in [2.45, 2.75) is 13.5 Å². The maximum Gasteiger partial charge on any atom is 0.338 e. The first kappa shape index (κ1) is 21.4. The van der Waals surface area contributed by atoms with Crippen LogP contribution < -0.4 is 4.74 Å². The van der Waals surface area contributed by atoms with Crippen molar-refractivity contribution in [1.82, 2.24) is 0 Å². The number of hydrogen-bond donors (Lipinski definition) is 1. The van der Waals surface area contributed by atoms with Gasteiger partial charge in [0.25, 0.3) is 0 Å². The van der Waals surface area contributed by atoms with Gasteiger partial charge in [0.05, 0.1) is 18.3 Å². The van der Waals surface area contributed by atoms with E-state index in [0.29, 0.717) is 24.0 Å². The third kappa shape index (κ3) is 5.76. The van der Waals surface area contributed by atoms with Crippen LogP contribution in [0.25, 0.3) is 0 Å². The molecule has 0 spiro atoms. The summed E-state index contributed by atoms with van der Waals surface area (Å²) in [5.41, 5.74) is 1.17. The van der Waals surface area contributed by atoms with Gasteiger partial charge >= 0.3 is 17.9 Å². The van der Waals surface area contributed by atoms with Crippen LogP contribution in [0.2, 0.25) is 0 Å². The number of aromatic carboxylic acids is 1. The molecule has 27 heavy (non-hydrogen) atoms. The van der Waals surface area contributed by atoms with E-state index in [9.17, 15) is 14.4 Å². The molecule has 8 heteroatoms. The van der Waals surface area contributed by atoms with Crippen LogP contribution in [0.4, 0.5) is 0 Å². The molecule has 2 aromatic rings. The molecule has 0 heterocycles. The van der Waals surface area contributed by atoms with Gasteiger partial charge in [-0.3, -0.25) is 0 Å². The highest BCUT2D eigenvalue weighted by Crippen LogP contribution is 2.30. The number of carboxylic acids is 1. The molecule has 140 valence electrons. The first-order chi connectivity index (χ1) is 12.7. The molecule has 0 aliphatic heterocycles. The highest BCUT2D eigenvalue weighted by Gasteiger charge is 2.15. The Morgan fingerprint density at radius 1 is 1.07 bits per heavy atom. The lowest BCUT2D eigenvalue weighted by molar-refractivity contribution is -0.130. The second kappa shape index (κ2) is 9.31. The molecule has 6 nitrogen and oxygen atoms in total. The Balaban J connectivity index is 2.11. The van der Waals surface area contributed by atoms with Gasteiger partial charge in [0.2, 0.25) is 0 Å². The highest BCUT2D eigenvalue weighted by atomic mass is 127. The van der Waals surface area contributed by atoms with E-state index in [1.54, 1.807) is 19.1 Å². The molecule has 0 unspecified atom stereocenters. The van der Waals surface area contributed by atoms with Crippen molar-refractivity contribution in [1.29, 1.82) is 0 Å². The first-order valence-corrected chi connectivity index (χ1v) is 9.71. The number of carboxylic acid groups (broad SMARTS) is 1. The fourth-order valence-electron chi connectivity index (χ4n) is 1.98. The Morgan fingerprint density at radius 2 is 1.67 bits per heavy atom. The van der Waals surface area contributed by atoms with Crippen LogP contribution in [0.15, 0.2) is 48.6 Å². The number of halogens is 2. The molecular formula is C19H14I2O6. The molecule has 0 atom stereocenters. The monoisotopic (exact) mass is 592 g/mol. The summed E-state index contributed by atoms with van der Waals surface area (Å²) >= 11 is 4.06. The summed E-state index contributed by atoms with van der Waals surface area (Å²) < 4.78 is 11.9. The summed E-state index contributed by atoms with van der Waals surface area (Å²) in [5.74, 6) is -1.83. The lowest BCUT2D eigenvalue weighted by Crippen LogP contribution is -2.11. The van der Waals surface area contributed by atoms with Crippen LogP contribution >= 0.6 is 45.2 Å². The first-order valence-electron chi connectivity index (χ1n) is 7.55. The summed E-state index contributed by atoms with van der Waals surface area (Å²) in [4.78, 5) is 34.8. The lowest BCUT2D eigenvalue weighted by Gasteiger charge is -2.11. The molecule has 0 aliphatic carbocycles. The summed E-state index contributed by atoms with van der Waals surface area (Å²) in [6.07, 6.45) is 0. The molecule has 0 radical (unpaired) electrons. The Labute approximate surface area is 182 Å². The topological polar surface area (TPSA) is 89.9 Å². The van der Waals surface area contributed by atoms with E-state index in [4.69, 9.17) is 14.6 Å². The average Bonchev–Trinajstić information content (AvgIpc) is 2.62. The molecule has 0 saturated carbocycles. The van der Waals surface area contributed by atoms with Gasteiger partial charge in [-0.15, -0.1) is 0 Å². The van der Waals surface area contributed by atoms with Crippen molar-refractivity contribution >= 4 is 63.1 Å². The van der Waals surface area contributed by atoms with Crippen molar-refractivity contribution < 1.29 is 29.0 Å². The van der Waals surface area contributed by atoms with Crippen LogP contribution in [-0.4, -0.2) is 23.0 Å². The average molecular weight is 592 g/mol. The predicted molar refractivity (Wildman–Crippen MR) is 115 cm³/mol. The maximum absolute atomic E-state index is 12.2. The van der Waals surface area contributed by atoms with E-state index in [1.165, 1.54) is 24.3 Å². The third-order valence-electron chi connectivity index (χ3n) is 3.32. The zero-order valence-corrected chi connectivity index (χ0v) is 18.4. The standard InChI is InChI=1S/C19H14I2O6/c1-10(2)18(24)27-16-14(20)6-11(7-15(16)21)9-26-19(25)13-5-3-4-12(8-13)17(22)23/h3-8H,1,9H2,2H3,(H,22,23). The van der Waals surface area contributed by atoms with E-state index in [0.717, 1.165) is 0 Å². The lowest BCUT2D eigenvalue weighted by atomic mass is 10.1. The van der Waals surface area contributed by atoms with Crippen molar-refractivity contribution in [3.63, 3.8) is 0 Å². The van der Waals surface area contributed by atoms with Gasteiger partial charge in [-0.05, 0) is 88.0 Å². The van der Waals surface area contributed by atoms with Crippen LogP contribution in [0, 0.1) is 7.14 Å². The van der Waals surface area contributed by atoms with Crippen molar-refractivity contribution in [2.24, 2.45) is 0 Å². The molecule has 0 aliphatic rings. The quantitative estimate of drug-likeness (QED) is 0.231. The second-order valence-electron chi connectivity index (χ2n) is 5.52. The Kier molecular flexibility index (Phi) is 7.36. The predicted octanol–water partition coefficient (Wildman–Crippen LogP) is 4.43. The molecular weight excluding hydrogens is 578 g/mol. The van der Waals surface area contributed by atoms with E-state index in [1.807, 2.05) is 45.2 Å². The van der Waals surface area contributed by atoms with Gasteiger partial charge in [-0.25, -0.2) is 14.4 Å². The minimum Gasteiger partial charge on any atom is -0.478 e. The summed E-state index contributed by atoms with van der Waals surface area (Å²) in [6.45, 7) is 5.11. The van der Waals surface area contributed by atoms with Gasteiger partial charge in [0.1, 0.15) is 6.61 Å². The van der Waals surface area contributed by atoms with Crippen LogP contribution in [0.5, 0.6) is 5.75 Å². The Hall–Kier alpha value is -1.95. The molecule has 2 rings (SSSR count). The van der Waals surface area contributed by atoms with Gasteiger partial charge < -0.3 is 14.6 Å². The molecule has 0 aromatic heterocycles. The molecule has 0 saturated heterocycles. The van der Waals surface area contributed by atoms with Crippen LogP contribution in [0.1, 0.15) is 33.2 Å². The van der Waals surface area contributed by atoms with Gasteiger partial charge in [0.15, 0.2) is 5.75 Å². The number of hydrogen-bond acceptors (Lipinski definition) is 5. The van der Waals surface area contributed by atoms with Gasteiger partial charge in [0, 0.05) is 5.57 Å². The molecule has 0 fully saturated rings. The fraction of sp³-hybridized carbons (Fsp3) is 0.105. The summed E-state index contributed by atoms with van der Waals surface area (Å²) in [5, 5.41) is 8.99. The van der Waals surface area contributed by atoms with Gasteiger partial charge in [-0.2, -0.15) is 0 Å². The number of esters is 2. The summed E-state index contributed by atoms with van der Waals surface area (Å²) in [7, 11) is 0. The van der Waals surface area contributed by atoms with Crippen molar-refractivity contribution in [3.8, 4) is 5.75 Å². The van der Waals surface area contributed by atoms with E-state index < -0.39 is 17.9 Å². The SMILES string of the molecule is C=C(C)C(=O)Oc1c(I)cc(COC(=O)c2cccc(C(=O)O)c2)cc1I. The number of benzene rings is 2. The maximum atomic E-state index is 12.2. The number of carbonyl (C=O) groups excluding carboxylic acids is 2.